The van der Waals surface area contributed by atoms with Crippen LogP contribution >= 0.6 is 15.9 Å². The molecule has 1 aromatic rings. The van der Waals surface area contributed by atoms with E-state index in [1.165, 1.54) is 25.1 Å². The van der Waals surface area contributed by atoms with Crippen molar-refractivity contribution in [2.45, 2.75) is 38.7 Å². The molecule has 0 aliphatic rings. The molecule has 2 atom stereocenters. The lowest BCUT2D eigenvalue weighted by atomic mass is 9.80. The summed E-state index contributed by atoms with van der Waals surface area (Å²) in [5.41, 5.74) is -1.14. The van der Waals surface area contributed by atoms with Gasteiger partial charge in [0.05, 0.1) is 10.4 Å². The van der Waals surface area contributed by atoms with Gasteiger partial charge in [-0.05, 0) is 47.0 Å². The Kier molecular flexibility index (Phi) is 5.50. The second-order valence-electron chi connectivity index (χ2n) is 4.81. The predicted molar refractivity (Wildman–Crippen MR) is 74.3 cm³/mol. The lowest BCUT2D eigenvalue weighted by Gasteiger charge is -2.30. The molecule has 2 N–H and O–H groups in total. The summed E-state index contributed by atoms with van der Waals surface area (Å²) in [7, 11) is 0. The zero-order valence-corrected chi connectivity index (χ0v) is 12.6. The van der Waals surface area contributed by atoms with E-state index in [4.69, 9.17) is 0 Å². The number of aliphatic hydroxyl groups is 1. The number of carbonyl (C=O) groups is 1. The van der Waals surface area contributed by atoms with Gasteiger partial charge in [-0.1, -0.05) is 25.8 Å². The highest BCUT2D eigenvalue weighted by Gasteiger charge is 2.38. The number of carboxylic acids is 1. The van der Waals surface area contributed by atoms with Crippen molar-refractivity contribution < 1.29 is 19.4 Å². The molecule has 0 heterocycles. The number of hydrogen-bond donors (Lipinski definition) is 2. The van der Waals surface area contributed by atoms with E-state index in [2.05, 4.69) is 15.9 Å². The van der Waals surface area contributed by atoms with Gasteiger partial charge in [-0.15, -0.1) is 0 Å². The van der Waals surface area contributed by atoms with E-state index in [1.54, 1.807) is 0 Å². The molecule has 0 amide bonds. The average molecular weight is 333 g/mol. The van der Waals surface area contributed by atoms with Crippen LogP contribution in [0.25, 0.3) is 0 Å². The number of carboxylic acid groups (broad SMARTS) is 1. The summed E-state index contributed by atoms with van der Waals surface area (Å²) in [6.07, 6.45) is 1.95. The second kappa shape index (κ2) is 6.48. The molecule has 2 unspecified atom stereocenters. The van der Waals surface area contributed by atoms with Gasteiger partial charge in [-0.25, -0.2) is 4.39 Å². The monoisotopic (exact) mass is 332 g/mol. The van der Waals surface area contributed by atoms with Crippen molar-refractivity contribution in [3.05, 3.63) is 34.1 Å². The molecule has 0 saturated heterocycles. The Bertz CT molecular complexity index is 460. The standard InChI is InChI=1S/C14H18BrFO3/c1-3-4-5-10(13(17)18)14(2,19)9-6-7-12(16)11(15)8-9/h6-8,10,19H,3-5H2,1-2H3,(H,17,18). The molecule has 0 fully saturated rings. The number of aliphatic carboxylic acids is 1. The minimum absolute atomic E-state index is 0.213. The molecule has 106 valence electrons. The van der Waals surface area contributed by atoms with Gasteiger partial charge in [0.15, 0.2) is 0 Å². The van der Waals surface area contributed by atoms with Crippen LogP contribution in [0.15, 0.2) is 22.7 Å². The maximum Gasteiger partial charge on any atom is 0.309 e. The third kappa shape index (κ3) is 3.76. The molecular weight excluding hydrogens is 315 g/mol. The molecule has 0 aliphatic carbocycles. The number of unbranched alkanes of at least 4 members (excludes halogenated alkanes) is 1. The van der Waals surface area contributed by atoms with Crippen molar-refractivity contribution >= 4 is 21.9 Å². The van der Waals surface area contributed by atoms with Crippen molar-refractivity contribution in [3.8, 4) is 0 Å². The smallest absolute Gasteiger partial charge is 0.309 e. The minimum Gasteiger partial charge on any atom is -0.481 e. The van der Waals surface area contributed by atoms with Crippen LogP contribution in [-0.2, 0) is 10.4 Å². The van der Waals surface area contributed by atoms with Gasteiger partial charge >= 0.3 is 5.97 Å². The van der Waals surface area contributed by atoms with E-state index < -0.39 is 23.3 Å². The van der Waals surface area contributed by atoms with Gasteiger partial charge in [0.2, 0.25) is 0 Å². The fourth-order valence-electron chi connectivity index (χ4n) is 2.07. The minimum atomic E-state index is -1.53. The molecule has 1 rings (SSSR count). The Morgan fingerprint density at radius 2 is 2.16 bits per heavy atom. The van der Waals surface area contributed by atoms with Crippen LogP contribution in [0, 0.1) is 11.7 Å². The lowest BCUT2D eigenvalue weighted by molar-refractivity contribution is -0.152. The Morgan fingerprint density at radius 1 is 1.53 bits per heavy atom. The lowest BCUT2D eigenvalue weighted by Crippen LogP contribution is -2.37. The zero-order valence-electron chi connectivity index (χ0n) is 11.0. The van der Waals surface area contributed by atoms with E-state index >= 15 is 0 Å². The molecule has 3 nitrogen and oxygen atoms in total. The number of hydrogen-bond acceptors (Lipinski definition) is 2. The fourth-order valence-corrected chi connectivity index (χ4v) is 2.44. The summed E-state index contributed by atoms with van der Waals surface area (Å²) in [6, 6.07) is 4.06. The average Bonchev–Trinajstić information content (AvgIpc) is 2.32. The molecule has 0 aromatic heterocycles. The van der Waals surface area contributed by atoms with Crippen molar-refractivity contribution in [3.63, 3.8) is 0 Å². The first kappa shape index (κ1) is 16.1. The van der Waals surface area contributed by atoms with E-state index in [9.17, 15) is 19.4 Å². The summed E-state index contributed by atoms with van der Waals surface area (Å²) < 4.78 is 13.4. The molecule has 1 aromatic carbocycles. The van der Waals surface area contributed by atoms with Crippen LogP contribution in [-0.4, -0.2) is 16.2 Å². The zero-order chi connectivity index (χ0) is 14.6. The number of benzene rings is 1. The molecule has 0 radical (unpaired) electrons. The third-order valence-corrected chi connectivity index (χ3v) is 3.93. The molecule has 0 saturated carbocycles. The fraction of sp³-hybridized carbons (Fsp3) is 0.500. The van der Waals surface area contributed by atoms with Crippen LogP contribution in [0.4, 0.5) is 4.39 Å². The summed E-state index contributed by atoms with van der Waals surface area (Å²) in [5, 5.41) is 19.8. The summed E-state index contributed by atoms with van der Waals surface area (Å²) in [5.74, 6) is -2.40. The first-order valence-electron chi connectivity index (χ1n) is 6.21. The maximum atomic E-state index is 13.2. The van der Waals surface area contributed by atoms with Gasteiger partial charge in [-0.2, -0.15) is 0 Å². The van der Waals surface area contributed by atoms with E-state index in [0.29, 0.717) is 12.0 Å². The number of rotatable bonds is 6. The molecule has 19 heavy (non-hydrogen) atoms. The summed E-state index contributed by atoms with van der Waals surface area (Å²) in [4.78, 5) is 11.3. The normalized spacial score (nSPS) is 15.8. The predicted octanol–water partition coefficient (Wildman–Crippen LogP) is 3.69. The van der Waals surface area contributed by atoms with Crippen LogP contribution in [0.1, 0.15) is 38.7 Å². The van der Waals surface area contributed by atoms with Crippen molar-refractivity contribution in [2.24, 2.45) is 5.92 Å². The van der Waals surface area contributed by atoms with Crippen molar-refractivity contribution in [1.82, 2.24) is 0 Å². The van der Waals surface area contributed by atoms with Gasteiger partial charge in [-0.3, -0.25) is 4.79 Å². The van der Waals surface area contributed by atoms with E-state index in [-0.39, 0.29) is 4.47 Å². The van der Waals surface area contributed by atoms with Gasteiger partial charge in [0, 0.05) is 0 Å². The van der Waals surface area contributed by atoms with Gasteiger partial charge in [0.1, 0.15) is 11.4 Å². The quantitative estimate of drug-likeness (QED) is 0.835. The molecule has 0 spiro atoms. The van der Waals surface area contributed by atoms with Crippen LogP contribution in [0.5, 0.6) is 0 Å². The second-order valence-corrected chi connectivity index (χ2v) is 5.66. The Balaban J connectivity index is 3.10. The SMILES string of the molecule is CCCCC(C(=O)O)C(C)(O)c1ccc(F)c(Br)c1. The van der Waals surface area contributed by atoms with Gasteiger partial charge < -0.3 is 10.2 Å². The molecule has 0 bridgehead atoms. The van der Waals surface area contributed by atoms with Crippen LogP contribution in [0.2, 0.25) is 0 Å². The largest absolute Gasteiger partial charge is 0.481 e. The topological polar surface area (TPSA) is 57.5 Å². The Labute approximate surface area is 120 Å². The van der Waals surface area contributed by atoms with E-state index in [0.717, 1.165) is 12.8 Å². The first-order valence-corrected chi connectivity index (χ1v) is 7.00. The Hall–Kier alpha value is -0.940. The molecule has 0 aliphatic heterocycles. The number of halogens is 2. The van der Waals surface area contributed by atoms with Crippen molar-refractivity contribution in [2.75, 3.05) is 0 Å². The Morgan fingerprint density at radius 3 is 2.63 bits per heavy atom. The highest BCUT2D eigenvalue weighted by Crippen LogP contribution is 2.34. The highest BCUT2D eigenvalue weighted by molar-refractivity contribution is 9.10. The molecular formula is C14H18BrFO3. The first-order chi connectivity index (χ1) is 8.80. The third-order valence-electron chi connectivity index (χ3n) is 3.33. The highest BCUT2D eigenvalue weighted by atomic mass is 79.9. The maximum absolute atomic E-state index is 13.2. The van der Waals surface area contributed by atoms with Crippen LogP contribution < -0.4 is 0 Å². The summed E-state index contributed by atoms with van der Waals surface area (Å²) in [6.45, 7) is 3.42. The summed E-state index contributed by atoms with van der Waals surface area (Å²) >= 11 is 3.04. The molecule has 5 heteroatoms. The van der Waals surface area contributed by atoms with Crippen LogP contribution in [0.3, 0.4) is 0 Å². The van der Waals surface area contributed by atoms with Crippen molar-refractivity contribution in [1.29, 1.82) is 0 Å². The van der Waals surface area contributed by atoms with E-state index in [1.807, 2.05) is 6.92 Å². The van der Waals surface area contributed by atoms with Gasteiger partial charge in [0.25, 0.3) is 0 Å².